The van der Waals surface area contributed by atoms with Crippen LogP contribution in [0.4, 0.5) is 0 Å². The molecule has 12 heteroatoms. The number of carbonyl (C=O) groups excluding carboxylic acids is 3. The molecule has 0 aliphatic heterocycles. The Balaban J connectivity index is 5.48. The molecule has 0 spiro atoms. The summed E-state index contributed by atoms with van der Waals surface area (Å²) in [6.07, 6.45) is -0.553. The lowest BCUT2D eigenvalue weighted by atomic mass is 10.0. The Bertz CT molecular complexity index is 642. The van der Waals surface area contributed by atoms with Gasteiger partial charge in [-0.25, -0.2) is 4.79 Å². The third-order valence-corrected chi connectivity index (χ3v) is 4.51. The third-order valence-electron chi connectivity index (χ3n) is 4.12. The van der Waals surface area contributed by atoms with Gasteiger partial charge in [0.15, 0.2) is 0 Å². The van der Waals surface area contributed by atoms with Crippen LogP contribution in [-0.2, 0) is 24.0 Å². The van der Waals surface area contributed by atoms with Crippen molar-refractivity contribution in [2.45, 2.75) is 64.7 Å². The number of hydrogen-bond donors (Lipinski definition) is 7. The number of nitrogens with two attached hydrogens (primary N) is 1. The summed E-state index contributed by atoms with van der Waals surface area (Å²) in [6.45, 7) is 6.77. The number of carboxylic acids is 2. The van der Waals surface area contributed by atoms with E-state index in [1.807, 2.05) is 13.8 Å². The normalized spacial score (nSPS) is 15.1. The second kappa shape index (κ2) is 13.1. The minimum atomic E-state index is -1.53. The molecule has 0 rings (SSSR count). The van der Waals surface area contributed by atoms with E-state index < -0.39 is 66.2 Å². The molecular weight excluding hydrogens is 416 g/mol. The van der Waals surface area contributed by atoms with Crippen LogP contribution >= 0.6 is 12.6 Å². The molecule has 0 saturated heterocycles. The van der Waals surface area contributed by atoms with Gasteiger partial charge in [-0.3, -0.25) is 19.2 Å². The van der Waals surface area contributed by atoms with E-state index in [0.717, 1.165) is 0 Å². The average molecular weight is 449 g/mol. The van der Waals surface area contributed by atoms with Crippen molar-refractivity contribution < 1.29 is 34.2 Å². The van der Waals surface area contributed by atoms with Crippen LogP contribution in [0.5, 0.6) is 0 Å². The minimum absolute atomic E-state index is 0.0163. The van der Waals surface area contributed by atoms with Crippen LogP contribution in [0.15, 0.2) is 0 Å². The standard InChI is InChI=1S/C18H32N4O7S/c1-8(2)5-11(20-15(25)10(19)7-30)16(26)21-12(6-13(23)24)17(27)22-14(9(3)4)18(28)29/h8-12,14,30H,5-7,19H2,1-4H3,(H,20,25)(H,21,26)(H,22,27)(H,23,24)(H,28,29). The third kappa shape index (κ3) is 9.92. The first-order valence-electron chi connectivity index (χ1n) is 9.52. The number of rotatable bonds is 13. The van der Waals surface area contributed by atoms with E-state index in [-0.39, 0.29) is 18.1 Å². The second-order valence-electron chi connectivity index (χ2n) is 7.71. The number of carboxylic acid groups (broad SMARTS) is 2. The number of aliphatic carboxylic acids is 2. The van der Waals surface area contributed by atoms with Crippen molar-refractivity contribution in [2.24, 2.45) is 17.6 Å². The summed E-state index contributed by atoms with van der Waals surface area (Å²) in [5, 5.41) is 25.3. The second-order valence-corrected chi connectivity index (χ2v) is 8.07. The summed E-state index contributed by atoms with van der Waals surface area (Å²) in [5.74, 6) is -5.43. The number of thiol groups is 1. The molecule has 30 heavy (non-hydrogen) atoms. The first kappa shape index (κ1) is 27.7. The van der Waals surface area contributed by atoms with Gasteiger partial charge in [0.2, 0.25) is 17.7 Å². The Morgan fingerprint density at radius 1 is 0.867 bits per heavy atom. The smallest absolute Gasteiger partial charge is 0.326 e. The molecule has 0 aromatic heterocycles. The van der Waals surface area contributed by atoms with Crippen LogP contribution in [-0.4, -0.2) is 69.8 Å². The highest BCUT2D eigenvalue weighted by Crippen LogP contribution is 2.08. The van der Waals surface area contributed by atoms with Crippen LogP contribution < -0.4 is 21.7 Å². The monoisotopic (exact) mass is 448 g/mol. The van der Waals surface area contributed by atoms with Crippen molar-refractivity contribution in [3.63, 3.8) is 0 Å². The van der Waals surface area contributed by atoms with E-state index in [9.17, 15) is 29.1 Å². The SMILES string of the molecule is CC(C)CC(NC(=O)C(N)CS)C(=O)NC(CC(=O)O)C(=O)NC(C(=O)O)C(C)C. The van der Waals surface area contributed by atoms with E-state index in [0.29, 0.717) is 0 Å². The van der Waals surface area contributed by atoms with Gasteiger partial charge in [0.25, 0.3) is 0 Å². The van der Waals surface area contributed by atoms with E-state index in [4.69, 9.17) is 10.8 Å². The Morgan fingerprint density at radius 3 is 1.77 bits per heavy atom. The first-order valence-corrected chi connectivity index (χ1v) is 10.1. The lowest BCUT2D eigenvalue weighted by Gasteiger charge is -2.26. The van der Waals surface area contributed by atoms with Crippen LogP contribution in [0.1, 0.15) is 40.5 Å². The van der Waals surface area contributed by atoms with Gasteiger partial charge in [-0.1, -0.05) is 27.7 Å². The van der Waals surface area contributed by atoms with Gasteiger partial charge in [-0.2, -0.15) is 12.6 Å². The van der Waals surface area contributed by atoms with Crippen molar-refractivity contribution in [3.8, 4) is 0 Å². The summed E-state index contributed by atoms with van der Waals surface area (Å²) in [4.78, 5) is 59.7. The van der Waals surface area contributed by atoms with Crippen molar-refractivity contribution in [1.82, 2.24) is 16.0 Å². The summed E-state index contributed by atoms with van der Waals surface area (Å²) >= 11 is 3.93. The van der Waals surface area contributed by atoms with E-state index in [1.165, 1.54) is 0 Å². The van der Waals surface area contributed by atoms with Gasteiger partial charge in [-0.15, -0.1) is 0 Å². The lowest BCUT2D eigenvalue weighted by Crippen LogP contribution is -2.58. The molecule has 0 bridgehead atoms. The molecule has 0 aromatic carbocycles. The minimum Gasteiger partial charge on any atom is -0.481 e. The van der Waals surface area contributed by atoms with Crippen molar-refractivity contribution >= 4 is 42.3 Å². The average Bonchev–Trinajstić information content (AvgIpc) is 2.62. The summed E-state index contributed by atoms with van der Waals surface area (Å²) in [7, 11) is 0. The van der Waals surface area contributed by atoms with Gasteiger partial charge < -0.3 is 31.9 Å². The molecule has 4 unspecified atom stereocenters. The van der Waals surface area contributed by atoms with Crippen molar-refractivity contribution in [3.05, 3.63) is 0 Å². The molecule has 0 aromatic rings. The highest BCUT2D eigenvalue weighted by Gasteiger charge is 2.32. The van der Waals surface area contributed by atoms with Gasteiger partial charge in [0, 0.05) is 5.75 Å². The van der Waals surface area contributed by atoms with Crippen molar-refractivity contribution in [2.75, 3.05) is 5.75 Å². The fraction of sp³-hybridized carbons (Fsp3) is 0.722. The highest BCUT2D eigenvalue weighted by molar-refractivity contribution is 7.80. The Kier molecular flexibility index (Phi) is 12.0. The maximum atomic E-state index is 12.7. The lowest BCUT2D eigenvalue weighted by molar-refractivity contribution is -0.144. The predicted molar refractivity (Wildman–Crippen MR) is 112 cm³/mol. The van der Waals surface area contributed by atoms with E-state index >= 15 is 0 Å². The molecule has 0 radical (unpaired) electrons. The number of amides is 3. The zero-order valence-corrected chi connectivity index (χ0v) is 18.4. The Hall–Kier alpha value is -2.34. The van der Waals surface area contributed by atoms with Crippen LogP contribution in [0, 0.1) is 11.8 Å². The van der Waals surface area contributed by atoms with Crippen LogP contribution in [0.25, 0.3) is 0 Å². The Labute approximate surface area is 180 Å². The predicted octanol–water partition coefficient (Wildman–Crippen LogP) is -1.04. The fourth-order valence-corrected chi connectivity index (χ4v) is 2.65. The first-order chi connectivity index (χ1) is 13.8. The van der Waals surface area contributed by atoms with Crippen molar-refractivity contribution in [1.29, 1.82) is 0 Å². The van der Waals surface area contributed by atoms with Crippen LogP contribution in [0.3, 0.4) is 0 Å². The molecule has 0 aliphatic rings. The zero-order valence-electron chi connectivity index (χ0n) is 17.5. The molecule has 4 atom stereocenters. The molecule has 172 valence electrons. The summed E-state index contributed by atoms with van der Waals surface area (Å²) in [6, 6.07) is -4.80. The zero-order chi connectivity index (χ0) is 23.6. The van der Waals surface area contributed by atoms with Gasteiger partial charge in [0.05, 0.1) is 12.5 Å². The topological polar surface area (TPSA) is 188 Å². The molecule has 0 aliphatic carbocycles. The Morgan fingerprint density at radius 2 is 1.37 bits per heavy atom. The van der Waals surface area contributed by atoms with E-state index in [1.54, 1.807) is 13.8 Å². The number of carbonyl (C=O) groups is 5. The molecule has 11 nitrogen and oxygen atoms in total. The van der Waals surface area contributed by atoms with Gasteiger partial charge in [-0.05, 0) is 18.3 Å². The molecule has 7 N–H and O–H groups in total. The van der Waals surface area contributed by atoms with Gasteiger partial charge in [0.1, 0.15) is 18.1 Å². The molecule has 0 fully saturated rings. The molecular formula is C18H32N4O7S. The maximum Gasteiger partial charge on any atom is 0.326 e. The fourth-order valence-electron chi connectivity index (χ4n) is 2.49. The molecule has 3 amide bonds. The highest BCUT2D eigenvalue weighted by atomic mass is 32.1. The van der Waals surface area contributed by atoms with Gasteiger partial charge >= 0.3 is 11.9 Å². The maximum absolute atomic E-state index is 12.7. The molecule has 0 saturated carbocycles. The number of hydrogen-bond acceptors (Lipinski definition) is 7. The van der Waals surface area contributed by atoms with Crippen LogP contribution in [0.2, 0.25) is 0 Å². The molecule has 0 heterocycles. The largest absolute Gasteiger partial charge is 0.481 e. The van der Waals surface area contributed by atoms with E-state index in [2.05, 4.69) is 28.6 Å². The summed E-state index contributed by atoms with van der Waals surface area (Å²) in [5.41, 5.74) is 5.60. The quantitative estimate of drug-likeness (QED) is 0.174. The number of nitrogens with one attached hydrogen (secondary N) is 3. The summed E-state index contributed by atoms with van der Waals surface area (Å²) < 4.78 is 0.